The van der Waals surface area contributed by atoms with Crippen LogP contribution in [0.1, 0.15) is 73.0 Å². The maximum atomic E-state index is 12.4. The van der Waals surface area contributed by atoms with E-state index in [9.17, 15) is 18.3 Å². The molecule has 0 aliphatic heterocycles. The molecule has 0 heterocycles. The normalized spacial score (nSPS) is 14.3. The quantitative estimate of drug-likeness (QED) is 0.304. The van der Waals surface area contributed by atoms with Crippen LogP contribution >= 0.6 is 0 Å². The SMILES string of the molecule is CCCC(C)(C)C(=O)Oc1ccc(C(OS(C)(=O)=O)C(N)C(C)(C)C)cc1O.CCO. The largest absolute Gasteiger partial charge is 0.504 e. The fourth-order valence-electron chi connectivity index (χ4n) is 2.73. The maximum absolute atomic E-state index is 12.4. The third-order valence-corrected chi connectivity index (χ3v) is 5.10. The van der Waals surface area contributed by atoms with Gasteiger partial charge in [0.25, 0.3) is 10.1 Å². The summed E-state index contributed by atoms with van der Waals surface area (Å²) in [5.41, 5.74) is 5.47. The van der Waals surface area contributed by atoms with Crippen LogP contribution in [-0.4, -0.2) is 43.5 Å². The van der Waals surface area contributed by atoms with Crippen molar-refractivity contribution in [2.45, 2.75) is 73.5 Å². The topological polar surface area (TPSA) is 136 Å². The molecule has 0 aliphatic rings. The molecule has 8 nitrogen and oxygen atoms in total. The Morgan fingerprint density at radius 3 is 2.06 bits per heavy atom. The first-order chi connectivity index (χ1) is 14.0. The average molecular weight is 462 g/mol. The van der Waals surface area contributed by atoms with Gasteiger partial charge in [-0.3, -0.25) is 8.98 Å². The second-order valence-corrected chi connectivity index (χ2v) is 10.8. The Morgan fingerprint density at radius 2 is 1.68 bits per heavy atom. The third kappa shape index (κ3) is 9.99. The molecule has 0 spiro atoms. The molecule has 0 aliphatic carbocycles. The van der Waals surface area contributed by atoms with Gasteiger partial charge in [-0.25, -0.2) is 0 Å². The van der Waals surface area contributed by atoms with Crippen LogP contribution in [0.5, 0.6) is 11.5 Å². The molecule has 0 amide bonds. The number of aliphatic hydroxyl groups excluding tert-OH is 1. The molecule has 2 atom stereocenters. The van der Waals surface area contributed by atoms with Crippen molar-refractivity contribution in [2.75, 3.05) is 12.9 Å². The number of esters is 1. The van der Waals surface area contributed by atoms with E-state index >= 15 is 0 Å². The van der Waals surface area contributed by atoms with Crippen LogP contribution in [0.25, 0.3) is 0 Å². The van der Waals surface area contributed by atoms with Gasteiger partial charge in [0, 0.05) is 12.6 Å². The summed E-state index contributed by atoms with van der Waals surface area (Å²) in [4.78, 5) is 12.4. The molecule has 0 saturated carbocycles. The third-order valence-electron chi connectivity index (χ3n) is 4.55. The van der Waals surface area contributed by atoms with Gasteiger partial charge < -0.3 is 20.7 Å². The summed E-state index contributed by atoms with van der Waals surface area (Å²) in [5, 5.41) is 17.9. The van der Waals surface area contributed by atoms with Gasteiger partial charge in [-0.2, -0.15) is 8.42 Å². The number of aromatic hydroxyl groups is 1. The van der Waals surface area contributed by atoms with E-state index in [1.807, 2.05) is 27.7 Å². The molecule has 4 N–H and O–H groups in total. The summed E-state index contributed by atoms with van der Waals surface area (Å²) in [7, 11) is -3.79. The van der Waals surface area contributed by atoms with Crippen LogP contribution < -0.4 is 10.5 Å². The Hall–Kier alpha value is -1.68. The van der Waals surface area contributed by atoms with Gasteiger partial charge in [0.15, 0.2) is 11.5 Å². The van der Waals surface area contributed by atoms with Crippen LogP contribution in [0.2, 0.25) is 0 Å². The van der Waals surface area contributed by atoms with Crippen LogP contribution in [0.3, 0.4) is 0 Å². The molecule has 0 fully saturated rings. The lowest BCUT2D eigenvalue weighted by Crippen LogP contribution is -2.42. The van der Waals surface area contributed by atoms with Crippen LogP contribution in [0, 0.1) is 10.8 Å². The van der Waals surface area contributed by atoms with E-state index < -0.39 is 39.1 Å². The van der Waals surface area contributed by atoms with Gasteiger partial charge in [-0.15, -0.1) is 0 Å². The van der Waals surface area contributed by atoms with Crippen molar-refractivity contribution in [3.8, 4) is 11.5 Å². The van der Waals surface area contributed by atoms with Crippen molar-refractivity contribution in [1.29, 1.82) is 0 Å². The summed E-state index contributed by atoms with van der Waals surface area (Å²) >= 11 is 0. The fourth-order valence-corrected chi connectivity index (χ4v) is 3.34. The summed E-state index contributed by atoms with van der Waals surface area (Å²) in [6.07, 6.45) is 1.42. The van der Waals surface area contributed by atoms with Crippen LogP contribution in [0.4, 0.5) is 0 Å². The minimum absolute atomic E-state index is 0.000337. The Balaban J connectivity index is 0.00000282. The number of ether oxygens (including phenoxy) is 1. The zero-order valence-corrected chi connectivity index (χ0v) is 20.7. The monoisotopic (exact) mass is 461 g/mol. The molecule has 2 unspecified atom stereocenters. The number of hydrogen-bond acceptors (Lipinski definition) is 8. The van der Waals surface area contributed by atoms with Crippen molar-refractivity contribution in [1.82, 2.24) is 0 Å². The Labute approximate surface area is 186 Å². The number of carbonyl (C=O) groups is 1. The number of nitrogens with two attached hydrogens (primary N) is 1. The van der Waals surface area contributed by atoms with Crippen molar-refractivity contribution in [3.05, 3.63) is 23.8 Å². The predicted molar refractivity (Wildman–Crippen MR) is 121 cm³/mol. The molecule has 0 aromatic heterocycles. The Morgan fingerprint density at radius 1 is 1.16 bits per heavy atom. The first kappa shape index (κ1) is 29.3. The number of carbonyl (C=O) groups excluding carboxylic acids is 1. The molecule has 9 heteroatoms. The number of aliphatic hydroxyl groups is 1. The van der Waals surface area contributed by atoms with E-state index in [1.165, 1.54) is 18.2 Å². The second-order valence-electron chi connectivity index (χ2n) is 9.18. The predicted octanol–water partition coefficient (Wildman–Crippen LogP) is 3.51. The van der Waals surface area contributed by atoms with E-state index in [0.29, 0.717) is 12.0 Å². The Kier molecular flexibility index (Phi) is 11.2. The number of rotatable bonds is 8. The van der Waals surface area contributed by atoms with Gasteiger partial charge in [0.05, 0.1) is 11.7 Å². The number of benzene rings is 1. The van der Waals surface area contributed by atoms with E-state index in [4.69, 9.17) is 19.8 Å². The van der Waals surface area contributed by atoms with E-state index in [-0.39, 0.29) is 18.1 Å². The molecule has 1 rings (SSSR count). The minimum Gasteiger partial charge on any atom is -0.504 e. The molecule has 1 aromatic carbocycles. The summed E-state index contributed by atoms with van der Waals surface area (Å²) in [6, 6.07) is 3.60. The summed E-state index contributed by atoms with van der Waals surface area (Å²) in [6.45, 7) is 13.1. The molecule has 1 aromatic rings. The van der Waals surface area contributed by atoms with Crippen molar-refractivity contribution in [2.24, 2.45) is 16.6 Å². The summed E-state index contributed by atoms with van der Waals surface area (Å²) in [5.74, 6) is -0.741. The number of phenols is 1. The highest BCUT2D eigenvalue weighted by Crippen LogP contribution is 2.37. The second kappa shape index (κ2) is 11.8. The standard InChI is InChI=1S/C20H33NO6S.C2H6O/c1-8-11-20(5,6)18(23)26-15-10-9-13(12-14(15)22)16(27-28(7,24)25)17(21)19(2,3)4;1-2-3/h9-10,12,16-17,22H,8,11,21H2,1-7H3;3H,2H2,1H3. The first-order valence-corrected chi connectivity index (χ1v) is 12.1. The first-order valence-electron chi connectivity index (χ1n) is 10.3. The minimum atomic E-state index is -3.79. The van der Waals surface area contributed by atoms with Crippen LogP contribution in [-0.2, 0) is 19.1 Å². The lowest BCUT2D eigenvalue weighted by molar-refractivity contribution is -0.144. The van der Waals surface area contributed by atoms with Gasteiger partial charge in [0.1, 0.15) is 6.10 Å². The maximum Gasteiger partial charge on any atom is 0.317 e. The fraction of sp³-hybridized carbons (Fsp3) is 0.682. The van der Waals surface area contributed by atoms with Crippen molar-refractivity contribution < 1.29 is 32.3 Å². The number of phenolic OH excluding ortho intramolecular Hbond substituents is 1. The highest BCUT2D eigenvalue weighted by atomic mass is 32.2. The lowest BCUT2D eigenvalue weighted by Gasteiger charge is -2.33. The zero-order chi connectivity index (χ0) is 24.6. The molecule has 180 valence electrons. The van der Waals surface area contributed by atoms with Gasteiger partial charge in [-0.1, -0.05) is 40.2 Å². The molecule has 0 bridgehead atoms. The van der Waals surface area contributed by atoms with Gasteiger partial charge in [-0.05, 0) is 50.3 Å². The van der Waals surface area contributed by atoms with E-state index in [1.54, 1.807) is 20.8 Å². The average Bonchev–Trinajstić information content (AvgIpc) is 2.59. The molecule has 0 saturated heterocycles. The van der Waals surface area contributed by atoms with Gasteiger partial charge in [0.2, 0.25) is 0 Å². The zero-order valence-electron chi connectivity index (χ0n) is 19.9. The van der Waals surface area contributed by atoms with Gasteiger partial charge >= 0.3 is 5.97 Å². The highest BCUT2D eigenvalue weighted by Gasteiger charge is 2.34. The highest BCUT2D eigenvalue weighted by molar-refractivity contribution is 7.86. The number of hydrogen-bond donors (Lipinski definition) is 3. The van der Waals surface area contributed by atoms with Crippen molar-refractivity contribution in [3.63, 3.8) is 0 Å². The van der Waals surface area contributed by atoms with E-state index in [0.717, 1.165) is 12.7 Å². The van der Waals surface area contributed by atoms with Crippen molar-refractivity contribution >= 4 is 16.1 Å². The summed E-state index contributed by atoms with van der Waals surface area (Å²) < 4.78 is 34.0. The molecule has 31 heavy (non-hydrogen) atoms. The van der Waals surface area contributed by atoms with Crippen LogP contribution in [0.15, 0.2) is 18.2 Å². The van der Waals surface area contributed by atoms with E-state index in [2.05, 4.69) is 0 Å². The lowest BCUT2D eigenvalue weighted by atomic mass is 9.82. The molecule has 0 radical (unpaired) electrons. The molecular weight excluding hydrogens is 422 g/mol. The molecular formula is C22H39NO7S. The smallest absolute Gasteiger partial charge is 0.317 e. The Bertz CT molecular complexity index is 814.